The molecule has 0 aliphatic heterocycles. The van der Waals surface area contributed by atoms with Crippen LogP contribution in [0.3, 0.4) is 0 Å². The zero-order valence-electron chi connectivity index (χ0n) is 13.8. The number of nitrogens with one attached hydrogen (secondary N) is 2. The molecule has 2 N–H and O–H groups in total. The first-order valence-corrected chi connectivity index (χ1v) is 8.92. The highest BCUT2D eigenvalue weighted by Gasteiger charge is 2.06. The van der Waals surface area contributed by atoms with Crippen molar-refractivity contribution in [3.05, 3.63) is 49.6 Å². The number of rotatable bonds is 5. The molecule has 0 saturated heterocycles. The third-order valence-electron chi connectivity index (χ3n) is 3.39. The first-order chi connectivity index (χ1) is 11.0. The van der Waals surface area contributed by atoms with Crippen molar-refractivity contribution in [2.45, 2.75) is 26.8 Å². The molecular formula is C16H21BrFIN4S. The zero-order chi connectivity index (χ0) is 16.8. The number of hydrogen-bond donors (Lipinski definition) is 2. The molecule has 0 radical (unpaired) electrons. The molecule has 1 aromatic heterocycles. The lowest BCUT2D eigenvalue weighted by molar-refractivity contribution is 0.604. The van der Waals surface area contributed by atoms with Gasteiger partial charge in [-0.2, -0.15) is 0 Å². The fraction of sp³-hybridized carbons (Fsp3) is 0.375. The van der Waals surface area contributed by atoms with Crippen LogP contribution in [0.5, 0.6) is 0 Å². The summed E-state index contributed by atoms with van der Waals surface area (Å²) in [4.78, 5) is 9.92. The number of aryl methyl sites for hydroxylation is 2. The van der Waals surface area contributed by atoms with Gasteiger partial charge in [-0.1, -0.05) is 22.0 Å². The molecule has 2 aromatic rings. The summed E-state index contributed by atoms with van der Waals surface area (Å²) in [5, 5.41) is 7.45. The molecule has 132 valence electrons. The zero-order valence-corrected chi connectivity index (χ0v) is 18.6. The maximum Gasteiger partial charge on any atom is 0.191 e. The molecule has 0 atom stereocenters. The van der Waals surface area contributed by atoms with E-state index in [1.54, 1.807) is 24.5 Å². The molecule has 0 unspecified atom stereocenters. The fourth-order valence-corrected chi connectivity index (χ4v) is 3.27. The van der Waals surface area contributed by atoms with Crippen LogP contribution in [0.15, 0.2) is 27.7 Å². The Morgan fingerprint density at radius 3 is 2.67 bits per heavy atom. The van der Waals surface area contributed by atoms with Crippen molar-refractivity contribution in [2.24, 2.45) is 4.99 Å². The minimum absolute atomic E-state index is 0. The Hall–Kier alpha value is -0.740. The molecule has 0 fully saturated rings. The van der Waals surface area contributed by atoms with Crippen LogP contribution >= 0.6 is 51.2 Å². The van der Waals surface area contributed by atoms with E-state index in [-0.39, 0.29) is 29.8 Å². The van der Waals surface area contributed by atoms with Gasteiger partial charge in [0.2, 0.25) is 0 Å². The molecule has 0 aliphatic carbocycles. The van der Waals surface area contributed by atoms with Crippen molar-refractivity contribution in [2.75, 3.05) is 13.6 Å². The Morgan fingerprint density at radius 2 is 2.08 bits per heavy atom. The molecule has 0 bridgehead atoms. The molecule has 0 spiro atoms. The highest BCUT2D eigenvalue weighted by Crippen LogP contribution is 2.16. The lowest BCUT2D eigenvalue weighted by Gasteiger charge is -2.12. The van der Waals surface area contributed by atoms with Crippen LogP contribution in [-0.4, -0.2) is 24.5 Å². The molecule has 1 aromatic carbocycles. The van der Waals surface area contributed by atoms with E-state index in [1.165, 1.54) is 10.9 Å². The van der Waals surface area contributed by atoms with Crippen molar-refractivity contribution in [3.63, 3.8) is 0 Å². The van der Waals surface area contributed by atoms with Gasteiger partial charge < -0.3 is 10.6 Å². The normalized spacial score (nSPS) is 11.1. The molecule has 0 saturated carbocycles. The van der Waals surface area contributed by atoms with Crippen molar-refractivity contribution in [1.82, 2.24) is 15.6 Å². The number of guanidine groups is 1. The van der Waals surface area contributed by atoms with Crippen LogP contribution in [0.2, 0.25) is 0 Å². The summed E-state index contributed by atoms with van der Waals surface area (Å²) in [5.74, 6) is 0.411. The van der Waals surface area contributed by atoms with E-state index in [0.717, 1.165) is 28.1 Å². The molecule has 4 nitrogen and oxygen atoms in total. The minimum Gasteiger partial charge on any atom is -0.356 e. The molecule has 8 heteroatoms. The molecule has 1 heterocycles. The Kier molecular flexibility index (Phi) is 9.14. The van der Waals surface area contributed by atoms with Gasteiger partial charge in [-0.05, 0) is 26.0 Å². The Bertz CT molecular complexity index is 686. The lowest BCUT2D eigenvalue weighted by atomic mass is 10.2. The maximum atomic E-state index is 13.8. The predicted molar refractivity (Wildman–Crippen MR) is 113 cm³/mol. The number of aliphatic imine (C=N–C) groups is 1. The van der Waals surface area contributed by atoms with E-state index in [9.17, 15) is 4.39 Å². The first kappa shape index (κ1) is 21.3. The van der Waals surface area contributed by atoms with Crippen molar-refractivity contribution in [3.8, 4) is 0 Å². The van der Waals surface area contributed by atoms with E-state index in [1.807, 2.05) is 13.0 Å². The van der Waals surface area contributed by atoms with E-state index < -0.39 is 0 Å². The van der Waals surface area contributed by atoms with Crippen molar-refractivity contribution < 1.29 is 4.39 Å². The predicted octanol–water partition coefficient (Wildman–Crippen LogP) is 4.19. The smallest absolute Gasteiger partial charge is 0.191 e. The maximum absolute atomic E-state index is 13.8. The van der Waals surface area contributed by atoms with Crippen LogP contribution in [0, 0.1) is 19.7 Å². The summed E-state index contributed by atoms with van der Waals surface area (Å²) in [7, 11) is 1.70. The van der Waals surface area contributed by atoms with Gasteiger partial charge in [0.1, 0.15) is 5.82 Å². The van der Waals surface area contributed by atoms with Gasteiger partial charge in [0, 0.05) is 41.5 Å². The van der Waals surface area contributed by atoms with Gasteiger partial charge >= 0.3 is 0 Å². The van der Waals surface area contributed by atoms with E-state index in [4.69, 9.17) is 0 Å². The third kappa shape index (κ3) is 6.29. The topological polar surface area (TPSA) is 49.3 Å². The van der Waals surface area contributed by atoms with Crippen molar-refractivity contribution in [1.29, 1.82) is 0 Å². The highest BCUT2D eigenvalue weighted by atomic mass is 127. The highest BCUT2D eigenvalue weighted by molar-refractivity contribution is 14.0. The number of benzene rings is 1. The second-order valence-corrected chi connectivity index (χ2v) is 7.29. The van der Waals surface area contributed by atoms with Gasteiger partial charge in [-0.25, -0.2) is 9.37 Å². The number of aromatic nitrogens is 1. The van der Waals surface area contributed by atoms with E-state index >= 15 is 0 Å². The van der Waals surface area contributed by atoms with Crippen LogP contribution in [0.1, 0.15) is 21.1 Å². The van der Waals surface area contributed by atoms with Gasteiger partial charge in [-0.3, -0.25) is 4.99 Å². The largest absolute Gasteiger partial charge is 0.356 e. The standard InChI is InChI=1S/C16H20BrFN4S.HI/c1-10-11(2)23-15(22-10)6-7-20-16(19-3)21-9-12-4-5-13(17)8-14(12)18;/h4-5,8H,6-7,9H2,1-3H3,(H2,19,20,21);1H. The minimum atomic E-state index is -0.240. The van der Waals surface area contributed by atoms with E-state index in [2.05, 4.69) is 43.5 Å². The quantitative estimate of drug-likeness (QED) is 0.349. The second kappa shape index (κ2) is 10.3. The average Bonchev–Trinajstić information content (AvgIpc) is 2.82. The lowest BCUT2D eigenvalue weighted by Crippen LogP contribution is -2.38. The fourth-order valence-electron chi connectivity index (χ4n) is 2.00. The Labute approximate surface area is 171 Å². The molecule has 0 aliphatic rings. The average molecular weight is 527 g/mol. The molecule has 2 rings (SSSR count). The van der Waals surface area contributed by atoms with E-state index in [0.29, 0.717) is 18.1 Å². The first-order valence-electron chi connectivity index (χ1n) is 7.31. The van der Waals surface area contributed by atoms with Gasteiger partial charge in [0.05, 0.1) is 10.7 Å². The Balaban J connectivity index is 0.00000288. The van der Waals surface area contributed by atoms with Crippen LogP contribution < -0.4 is 10.6 Å². The van der Waals surface area contributed by atoms with Gasteiger partial charge in [0.25, 0.3) is 0 Å². The summed E-state index contributed by atoms with van der Waals surface area (Å²) in [6.07, 6.45) is 0.840. The SMILES string of the molecule is CN=C(NCCc1nc(C)c(C)s1)NCc1ccc(Br)cc1F.I. The molecule has 24 heavy (non-hydrogen) atoms. The second-order valence-electron chi connectivity index (χ2n) is 5.09. The Morgan fingerprint density at radius 1 is 1.33 bits per heavy atom. The number of hydrogen-bond acceptors (Lipinski definition) is 3. The number of thiazole rings is 1. The summed E-state index contributed by atoms with van der Waals surface area (Å²) >= 11 is 4.97. The van der Waals surface area contributed by atoms with Crippen molar-refractivity contribution >= 4 is 57.2 Å². The van der Waals surface area contributed by atoms with Crippen LogP contribution in [0.25, 0.3) is 0 Å². The van der Waals surface area contributed by atoms with Gasteiger partial charge in [-0.15, -0.1) is 35.3 Å². The molecular weight excluding hydrogens is 506 g/mol. The summed E-state index contributed by atoms with van der Waals surface area (Å²) < 4.78 is 14.5. The van der Waals surface area contributed by atoms with Crippen LogP contribution in [0.4, 0.5) is 4.39 Å². The third-order valence-corrected chi connectivity index (χ3v) is 5.02. The number of halogens is 3. The summed E-state index contributed by atoms with van der Waals surface area (Å²) in [6.45, 7) is 5.22. The summed E-state index contributed by atoms with van der Waals surface area (Å²) in [5.41, 5.74) is 1.69. The summed E-state index contributed by atoms with van der Waals surface area (Å²) in [6, 6.07) is 5.03. The number of nitrogens with zero attached hydrogens (tertiary/aromatic N) is 2. The monoisotopic (exact) mass is 526 g/mol. The van der Waals surface area contributed by atoms with Gasteiger partial charge in [0.15, 0.2) is 5.96 Å². The molecule has 0 amide bonds. The van der Waals surface area contributed by atoms with Crippen LogP contribution in [-0.2, 0) is 13.0 Å².